The number of fused-ring (bicyclic) bond motifs is 10. The van der Waals surface area contributed by atoms with Crippen LogP contribution in [0.2, 0.25) is 0 Å². The van der Waals surface area contributed by atoms with Crippen molar-refractivity contribution >= 4 is 17.8 Å². The standard InChI is InChI=1S/C28H28N2O5/c1-34-28(33)25-18-21-10-13-22(14-11-21)35-23-9-5-8-20(16-23)12-15-26(31)29-24(27(32)30-25)17-19-6-3-2-4-7-19/h2-11,13-14,16,24-25H,12,15,17-18H2,1H3,(H,29,31)(H,30,32)/t24-,25?/m0/s1. The lowest BCUT2D eigenvalue weighted by Gasteiger charge is -2.22. The summed E-state index contributed by atoms with van der Waals surface area (Å²) < 4.78 is 10.9. The number of carbonyl (C=O) groups is 3. The Morgan fingerprint density at radius 3 is 2.40 bits per heavy atom. The smallest absolute Gasteiger partial charge is 0.328 e. The second kappa shape index (κ2) is 11.3. The molecule has 3 aromatic rings. The molecule has 0 saturated heterocycles. The number of ether oxygens (including phenoxy) is 2. The fourth-order valence-corrected chi connectivity index (χ4v) is 4.02. The molecule has 35 heavy (non-hydrogen) atoms. The molecule has 7 nitrogen and oxygen atoms in total. The van der Waals surface area contributed by atoms with Gasteiger partial charge in [0, 0.05) is 19.3 Å². The van der Waals surface area contributed by atoms with Crippen LogP contribution in [0.1, 0.15) is 23.1 Å². The van der Waals surface area contributed by atoms with Crippen LogP contribution in [-0.4, -0.2) is 37.0 Å². The van der Waals surface area contributed by atoms with E-state index < -0.39 is 24.0 Å². The molecule has 2 amide bonds. The number of methoxy groups -OCH3 is 1. The van der Waals surface area contributed by atoms with Crippen molar-refractivity contribution in [3.8, 4) is 11.5 Å². The summed E-state index contributed by atoms with van der Waals surface area (Å²) in [5, 5.41) is 5.64. The van der Waals surface area contributed by atoms with Gasteiger partial charge in [-0.1, -0.05) is 54.6 Å². The van der Waals surface area contributed by atoms with Crippen molar-refractivity contribution in [1.82, 2.24) is 10.6 Å². The zero-order valence-corrected chi connectivity index (χ0v) is 19.5. The highest BCUT2D eigenvalue weighted by Gasteiger charge is 2.28. The van der Waals surface area contributed by atoms with Gasteiger partial charge in [0.1, 0.15) is 23.6 Å². The molecule has 2 aliphatic heterocycles. The van der Waals surface area contributed by atoms with Crippen molar-refractivity contribution in [2.45, 2.75) is 37.8 Å². The van der Waals surface area contributed by atoms with E-state index in [2.05, 4.69) is 10.6 Å². The maximum atomic E-state index is 13.3. The van der Waals surface area contributed by atoms with Crippen LogP contribution in [0, 0.1) is 0 Å². The minimum Gasteiger partial charge on any atom is -0.467 e. The summed E-state index contributed by atoms with van der Waals surface area (Å²) in [6, 6.07) is 22.6. The van der Waals surface area contributed by atoms with Crippen LogP contribution in [0.3, 0.4) is 0 Å². The first-order chi connectivity index (χ1) is 17.0. The highest BCUT2D eigenvalue weighted by atomic mass is 16.5. The van der Waals surface area contributed by atoms with E-state index >= 15 is 0 Å². The van der Waals surface area contributed by atoms with Crippen LogP contribution in [0.4, 0.5) is 0 Å². The zero-order valence-electron chi connectivity index (χ0n) is 19.5. The largest absolute Gasteiger partial charge is 0.467 e. The zero-order chi connectivity index (χ0) is 24.6. The van der Waals surface area contributed by atoms with Gasteiger partial charge < -0.3 is 20.1 Å². The molecular weight excluding hydrogens is 444 g/mol. The van der Waals surface area contributed by atoms with E-state index in [0.717, 1.165) is 16.7 Å². The van der Waals surface area contributed by atoms with E-state index in [-0.39, 0.29) is 18.7 Å². The molecule has 2 aliphatic rings. The van der Waals surface area contributed by atoms with Gasteiger partial charge in [-0.15, -0.1) is 0 Å². The van der Waals surface area contributed by atoms with Crippen LogP contribution < -0.4 is 15.4 Å². The SMILES string of the molecule is COC(=O)C1Cc2ccc(cc2)Oc2cccc(c2)CCC(=O)N[C@@H](Cc2ccccc2)C(=O)N1. The monoisotopic (exact) mass is 472 g/mol. The molecule has 3 aromatic carbocycles. The topological polar surface area (TPSA) is 93.7 Å². The number of rotatable bonds is 3. The van der Waals surface area contributed by atoms with E-state index in [4.69, 9.17) is 9.47 Å². The van der Waals surface area contributed by atoms with Crippen LogP contribution in [0.15, 0.2) is 78.9 Å². The van der Waals surface area contributed by atoms with Crippen LogP contribution in [0.5, 0.6) is 11.5 Å². The number of amides is 2. The predicted molar refractivity (Wildman–Crippen MR) is 131 cm³/mol. The number of aryl methyl sites for hydroxylation is 1. The number of hydrogen-bond acceptors (Lipinski definition) is 5. The van der Waals surface area contributed by atoms with Gasteiger partial charge in [-0.05, 0) is 47.4 Å². The van der Waals surface area contributed by atoms with E-state index in [1.807, 2.05) is 78.9 Å². The third-order valence-electron chi connectivity index (χ3n) is 5.87. The quantitative estimate of drug-likeness (QED) is 0.571. The van der Waals surface area contributed by atoms with E-state index in [9.17, 15) is 14.4 Å². The molecule has 0 spiro atoms. The first-order valence-corrected chi connectivity index (χ1v) is 11.6. The molecule has 2 heterocycles. The van der Waals surface area contributed by atoms with Crippen LogP contribution in [0.25, 0.3) is 0 Å². The molecule has 1 unspecified atom stereocenters. The van der Waals surface area contributed by atoms with Gasteiger partial charge in [-0.2, -0.15) is 0 Å². The van der Waals surface area contributed by atoms with Gasteiger partial charge in [-0.3, -0.25) is 9.59 Å². The maximum Gasteiger partial charge on any atom is 0.328 e. The van der Waals surface area contributed by atoms with Gasteiger partial charge in [0.15, 0.2) is 0 Å². The predicted octanol–water partition coefficient (Wildman–Crippen LogP) is 3.35. The number of esters is 1. The van der Waals surface area contributed by atoms with Crippen LogP contribution >= 0.6 is 0 Å². The van der Waals surface area contributed by atoms with Gasteiger partial charge in [0.05, 0.1) is 7.11 Å². The Labute approximate surface area is 204 Å². The second-order valence-corrected chi connectivity index (χ2v) is 8.49. The Hall–Kier alpha value is -4.13. The highest BCUT2D eigenvalue weighted by Crippen LogP contribution is 2.24. The van der Waals surface area contributed by atoms with Crippen LogP contribution in [-0.2, 0) is 38.4 Å². The molecule has 180 valence electrons. The molecule has 7 heteroatoms. The molecule has 0 saturated carbocycles. The third-order valence-corrected chi connectivity index (χ3v) is 5.87. The third kappa shape index (κ3) is 6.69. The van der Waals surface area contributed by atoms with Crippen molar-refractivity contribution in [2.24, 2.45) is 0 Å². The fourth-order valence-electron chi connectivity index (χ4n) is 4.02. The van der Waals surface area contributed by atoms with E-state index in [1.165, 1.54) is 7.11 Å². The Bertz CT molecular complexity index is 1180. The normalized spacial score (nSPS) is 18.5. The molecule has 2 N–H and O–H groups in total. The summed E-state index contributed by atoms with van der Waals surface area (Å²) in [7, 11) is 1.28. The van der Waals surface area contributed by atoms with Gasteiger partial charge in [0.2, 0.25) is 11.8 Å². The first kappa shape index (κ1) is 24.0. The summed E-state index contributed by atoms with van der Waals surface area (Å²) in [5.74, 6) is 0.0699. The lowest BCUT2D eigenvalue weighted by Crippen LogP contribution is -2.53. The summed E-state index contributed by atoms with van der Waals surface area (Å²) in [5.41, 5.74) is 2.68. The Balaban J connectivity index is 1.64. The first-order valence-electron chi connectivity index (χ1n) is 11.6. The van der Waals surface area contributed by atoms with Crippen molar-refractivity contribution in [2.75, 3.05) is 7.11 Å². The molecule has 0 fully saturated rings. The summed E-state index contributed by atoms with van der Waals surface area (Å²) in [6.07, 6.45) is 1.23. The molecule has 0 aliphatic carbocycles. The summed E-state index contributed by atoms with van der Waals surface area (Å²) in [4.78, 5) is 38.6. The minimum absolute atomic E-state index is 0.205. The van der Waals surface area contributed by atoms with Crippen molar-refractivity contribution in [3.63, 3.8) is 0 Å². The molecule has 5 rings (SSSR count). The summed E-state index contributed by atoms with van der Waals surface area (Å²) >= 11 is 0. The minimum atomic E-state index is -0.903. The van der Waals surface area contributed by atoms with E-state index in [1.54, 1.807) is 0 Å². The number of benzene rings is 3. The highest BCUT2D eigenvalue weighted by molar-refractivity contribution is 5.91. The van der Waals surface area contributed by atoms with Gasteiger partial charge in [-0.25, -0.2) is 4.79 Å². The van der Waals surface area contributed by atoms with Crippen molar-refractivity contribution in [1.29, 1.82) is 0 Å². The van der Waals surface area contributed by atoms with Gasteiger partial charge >= 0.3 is 5.97 Å². The number of carbonyl (C=O) groups excluding carboxylic acids is 3. The Morgan fingerprint density at radius 2 is 1.66 bits per heavy atom. The second-order valence-electron chi connectivity index (χ2n) is 8.49. The lowest BCUT2D eigenvalue weighted by atomic mass is 10.0. The lowest BCUT2D eigenvalue weighted by molar-refractivity contribution is -0.145. The van der Waals surface area contributed by atoms with E-state index in [0.29, 0.717) is 24.3 Å². The molecule has 2 atom stereocenters. The fraction of sp³-hybridized carbons (Fsp3) is 0.250. The Morgan fingerprint density at radius 1 is 0.886 bits per heavy atom. The summed E-state index contributed by atoms with van der Waals surface area (Å²) in [6.45, 7) is 0. The number of nitrogens with one attached hydrogen (secondary N) is 2. The molecule has 0 aromatic heterocycles. The average molecular weight is 473 g/mol. The Kier molecular flexibility index (Phi) is 7.77. The molecule has 4 bridgehead atoms. The maximum absolute atomic E-state index is 13.3. The van der Waals surface area contributed by atoms with Gasteiger partial charge in [0.25, 0.3) is 0 Å². The number of hydrogen-bond donors (Lipinski definition) is 2. The van der Waals surface area contributed by atoms with Crippen molar-refractivity contribution in [3.05, 3.63) is 95.6 Å². The van der Waals surface area contributed by atoms with Crippen molar-refractivity contribution < 1.29 is 23.9 Å². The average Bonchev–Trinajstić information content (AvgIpc) is 2.88. The molecular formula is C28H28N2O5. The molecule has 0 radical (unpaired) electrons.